The van der Waals surface area contributed by atoms with Crippen molar-refractivity contribution in [1.29, 1.82) is 0 Å². The minimum absolute atomic E-state index is 0.239. The van der Waals surface area contributed by atoms with Crippen LogP contribution in [-0.4, -0.2) is 45.6 Å². The summed E-state index contributed by atoms with van der Waals surface area (Å²) in [6.45, 7) is 4.05. The Balaban J connectivity index is 1.82. The van der Waals surface area contributed by atoms with E-state index in [1.165, 1.54) is 17.6 Å². The summed E-state index contributed by atoms with van der Waals surface area (Å²) < 4.78 is 16.3. The SMILES string of the molecule is Fc1cccc2c1[nH]c(=S)n2CCN1CCSCC1. The summed E-state index contributed by atoms with van der Waals surface area (Å²) in [4.78, 5) is 5.40. The fourth-order valence-electron chi connectivity index (χ4n) is 2.43. The molecule has 0 bridgehead atoms. The van der Waals surface area contributed by atoms with Crippen LogP contribution in [-0.2, 0) is 6.54 Å². The number of halogens is 1. The standard InChI is InChI=1S/C13H16FN3S2/c14-10-2-1-3-11-12(10)15-13(18)17(11)5-4-16-6-8-19-9-7-16/h1-3H,4-9H2,(H,15,18). The molecule has 0 atom stereocenters. The van der Waals surface area contributed by atoms with Crippen LogP contribution in [0, 0.1) is 10.6 Å². The Kier molecular flexibility index (Phi) is 3.91. The molecular formula is C13H16FN3S2. The average Bonchev–Trinajstić information content (AvgIpc) is 2.75. The lowest BCUT2D eigenvalue weighted by Crippen LogP contribution is -2.35. The van der Waals surface area contributed by atoms with Crippen LogP contribution >= 0.6 is 24.0 Å². The predicted molar refractivity (Wildman–Crippen MR) is 80.8 cm³/mol. The van der Waals surface area contributed by atoms with Gasteiger partial charge in [0.05, 0.1) is 5.52 Å². The third kappa shape index (κ3) is 2.70. The van der Waals surface area contributed by atoms with Crippen molar-refractivity contribution in [3.05, 3.63) is 28.8 Å². The summed E-state index contributed by atoms with van der Waals surface area (Å²) in [6.07, 6.45) is 0. The van der Waals surface area contributed by atoms with Crippen molar-refractivity contribution in [3.63, 3.8) is 0 Å². The Bertz CT molecular complexity index is 628. The highest BCUT2D eigenvalue weighted by molar-refractivity contribution is 7.99. The largest absolute Gasteiger partial charge is 0.328 e. The number of nitrogens with zero attached hydrogens (tertiary/aromatic N) is 2. The molecule has 0 spiro atoms. The molecule has 1 aromatic carbocycles. The molecule has 0 unspecified atom stereocenters. The normalized spacial score (nSPS) is 17.1. The van der Waals surface area contributed by atoms with Gasteiger partial charge in [-0.25, -0.2) is 4.39 Å². The zero-order valence-corrected chi connectivity index (χ0v) is 12.2. The lowest BCUT2D eigenvalue weighted by molar-refractivity contribution is 0.290. The van der Waals surface area contributed by atoms with Crippen LogP contribution < -0.4 is 0 Å². The Morgan fingerprint density at radius 2 is 2.05 bits per heavy atom. The van der Waals surface area contributed by atoms with E-state index in [2.05, 4.69) is 9.88 Å². The Labute approximate surface area is 120 Å². The number of rotatable bonds is 3. The van der Waals surface area contributed by atoms with Gasteiger partial charge in [-0.2, -0.15) is 11.8 Å². The van der Waals surface area contributed by atoms with E-state index >= 15 is 0 Å². The molecule has 0 amide bonds. The van der Waals surface area contributed by atoms with E-state index in [0.717, 1.165) is 31.7 Å². The highest BCUT2D eigenvalue weighted by atomic mass is 32.2. The molecule has 1 N–H and O–H groups in total. The van der Waals surface area contributed by atoms with E-state index in [9.17, 15) is 4.39 Å². The van der Waals surface area contributed by atoms with Gasteiger partial charge in [0, 0.05) is 37.7 Å². The van der Waals surface area contributed by atoms with Crippen LogP contribution in [0.3, 0.4) is 0 Å². The minimum Gasteiger partial charge on any atom is -0.328 e. The molecule has 1 aliphatic rings. The molecule has 2 aromatic rings. The van der Waals surface area contributed by atoms with Gasteiger partial charge in [-0.05, 0) is 24.4 Å². The van der Waals surface area contributed by atoms with Crippen LogP contribution in [0.15, 0.2) is 18.2 Å². The molecule has 6 heteroatoms. The van der Waals surface area contributed by atoms with Crippen molar-refractivity contribution in [2.45, 2.75) is 6.54 Å². The van der Waals surface area contributed by atoms with Gasteiger partial charge in [0.15, 0.2) is 4.77 Å². The summed E-state index contributed by atoms with van der Waals surface area (Å²) in [5.41, 5.74) is 1.37. The number of thioether (sulfide) groups is 1. The second kappa shape index (κ2) is 5.64. The van der Waals surface area contributed by atoms with Gasteiger partial charge in [-0.15, -0.1) is 0 Å². The predicted octanol–water partition coefficient (Wildman–Crippen LogP) is 2.89. The summed E-state index contributed by atoms with van der Waals surface area (Å²) >= 11 is 7.30. The lowest BCUT2D eigenvalue weighted by atomic mass is 10.3. The molecule has 0 radical (unpaired) electrons. The molecule has 1 saturated heterocycles. The summed E-state index contributed by atoms with van der Waals surface area (Å²) in [5.74, 6) is 2.17. The number of para-hydroxylation sites is 1. The fraction of sp³-hybridized carbons (Fsp3) is 0.462. The van der Waals surface area contributed by atoms with Crippen LogP contribution in [0.4, 0.5) is 4.39 Å². The van der Waals surface area contributed by atoms with Gasteiger partial charge in [0.25, 0.3) is 0 Å². The van der Waals surface area contributed by atoms with Crippen LogP contribution in [0.2, 0.25) is 0 Å². The van der Waals surface area contributed by atoms with E-state index in [1.807, 2.05) is 22.4 Å². The molecule has 3 nitrogen and oxygen atoms in total. The first kappa shape index (κ1) is 13.1. The van der Waals surface area contributed by atoms with Crippen molar-refractivity contribution in [1.82, 2.24) is 14.5 Å². The molecule has 3 rings (SSSR count). The number of hydrogen-bond acceptors (Lipinski definition) is 3. The number of H-pyrrole nitrogens is 1. The van der Waals surface area contributed by atoms with Crippen molar-refractivity contribution in [2.75, 3.05) is 31.1 Å². The zero-order valence-electron chi connectivity index (χ0n) is 10.6. The molecular weight excluding hydrogens is 281 g/mol. The van der Waals surface area contributed by atoms with Crippen molar-refractivity contribution < 1.29 is 4.39 Å². The highest BCUT2D eigenvalue weighted by Gasteiger charge is 2.12. The van der Waals surface area contributed by atoms with Gasteiger partial charge in [0.2, 0.25) is 0 Å². The molecule has 2 heterocycles. The van der Waals surface area contributed by atoms with E-state index in [4.69, 9.17) is 12.2 Å². The number of nitrogens with one attached hydrogen (secondary N) is 1. The van der Waals surface area contributed by atoms with Gasteiger partial charge in [0.1, 0.15) is 11.3 Å². The molecule has 19 heavy (non-hydrogen) atoms. The molecule has 102 valence electrons. The van der Waals surface area contributed by atoms with E-state index in [-0.39, 0.29) is 5.82 Å². The number of fused-ring (bicyclic) bond motifs is 1. The van der Waals surface area contributed by atoms with E-state index in [0.29, 0.717) is 10.3 Å². The maximum Gasteiger partial charge on any atom is 0.178 e. The summed E-state index contributed by atoms with van der Waals surface area (Å²) in [7, 11) is 0. The number of benzene rings is 1. The first-order valence-corrected chi connectivity index (χ1v) is 7.99. The van der Waals surface area contributed by atoms with Crippen LogP contribution in [0.25, 0.3) is 11.0 Å². The van der Waals surface area contributed by atoms with Gasteiger partial charge >= 0.3 is 0 Å². The Hall–Kier alpha value is -0.850. The monoisotopic (exact) mass is 297 g/mol. The molecule has 0 saturated carbocycles. The number of hydrogen-bond donors (Lipinski definition) is 1. The topological polar surface area (TPSA) is 24.0 Å². The van der Waals surface area contributed by atoms with Crippen molar-refractivity contribution in [2.24, 2.45) is 0 Å². The number of aromatic nitrogens is 2. The number of imidazole rings is 1. The van der Waals surface area contributed by atoms with Gasteiger partial charge in [-0.1, -0.05) is 6.07 Å². The van der Waals surface area contributed by atoms with Crippen molar-refractivity contribution in [3.8, 4) is 0 Å². The third-order valence-corrected chi connectivity index (χ3v) is 4.77. The second-order valence-corrected chi connectivity index (χ2v) is 6.28. The maximum atomic E-state index is 13.7. The Morgan fingerprint density at radius 3 is 2.84 bits per heavy atom. The molecule has 1 aliphatic heterocycles. The van der Waals surface area contributed by atoms with E-state index < -0.39 is 0 Å². The number of aromatic amines is 1. The molecule has 1 aromatic heterocycles. The fourth-order valence-corrected chi connectivity index (χ4v) is 3.70. The van der Waals surface area contributed by atoms with Gasteiger partial charge in [-0.3, -0.25) is 4.90 Å². The van der Waals surface area contributed by atoms with Gasteiger partial charge < -0.3 is 9.55 Å². The lowest BCUT2D eigenvalue weighted by Gasteiger charge is -2.26. The quantitative estimate of drug-likeness (QED) is 0.882. The summed E-state index contributed by atoms with van der Waals surface area (Å²) in [6, 6.07) is 5.10. The summed E-state index contributed by atoms with van der Waals surface area (Å²) in [5, 5.41) is 0. The third-order valence-electron chi connectivity index (χ3n) is 3.50. The first-order chi connectivity index (χ1) is 9.25. The highest BCUT2D eigenvalue weighted by Crippen LogP contribution is 2.17. The first-order valence-electron chi connectivity index (χ1n) is 6.43. The maximum absolute atomic E-state index is 13.7. The van der Waals surface area contributed by atoms with Crippen LogP contribution in [0.5, 0.6) is 0 Å². The smallest absolute Gasteiger partial charge is 0.178 e. The average molecular weight is 297 g/mol. The van der Waals surface area contributed by atoms with Crippen LogP contribution in [0.1, 0.15) is 0 Å². The van der Waals surface area contributed by atoms with Crippen molar-refractivity contribution >= 4 is 35.0 Å². The Morgan fingerprint density at radius 1 is 1.26 bits per heavy atom. The van der Waals surface area contributed by atoms with E-state index in [1.54, 1.807) is 6.07 Å². The zero-order chi connectivity index (χ0) is 13.2. The molecule has 1 fully saturated rings. The second-order valence-electron chi connectivity index (χ2n) is 4.67. The minimum atomic E-state index is -0.239. The molecule has 0 aliphatic carbocycles.